The fourth-order valence-corrected chi connectivity index (χ4v) is 3.37. The molecule has 1 aromatic carbocycles. The molecule has 2 N–H and O–H groups in total. The van der Waals surface area contributed by atoms with Crippen LogP contribution in [0, 0.1) is 6.92 Å². The molecule has 1 fully saturated rings. The third-order valence-electron chi connectivity index (χ3n) is 4.01. The average molecular weight is 399 g/mol. The van der Waals surface area contributed by atoms with Crippen molar-refractivity contribution in [2.45, 2.75) is 32.0 Å². The van der Waals surface area contributed by atoms with Crippen molar-refractivity contribution in [1.82, 2.24) is 4.98 Å². The first-order chi connectivity index (χ1) is 12.8. The Kier molecular flexibility index (Phi) is 5.47. The zero-order valence-corrected chi connectivity index (χ0v) is 15.0. The molecule has 0 radical (unpaired) electrons. The minimum atomic E-state index is -4.71. The van der Waals surface area contributed by atoms with Crippen molar-refractivity contribution < 1.29 is 27.5 Å². The van der Waals surface area contributed by atoms with E-state index in [1.807, 2.05) is 0 Å². The van der Waals surface area contributed by atoms with Gasteiger partial charge in [-0.1, -0.05) is 0 Å². The van der Waals surface area contributed by atoms with Crippen molar-refractivity contribution in [2.75, 3.05) is 17.2 Å². The van der Waals surface area contributed by atoms with E-state index in [0.29, 0.717) is 18.7 Å². The van der Waals surface area contributed by atoms with E-state index in [4.69, 9.17) is 4.74 Å². The molecule has 144 valence electrons. The number of anilines is 2. The van der Waals surface area contributed by atoms with Crippen LogP contribution in [0.15, 0.2) is 23.7 Å². The topological polar surface area (TPSA) is 80.3 Å². The molecule has 3 rings (SSSR count). The number of aryl methyl sites for hydroxylation is 1. The minimum Gasteiger partial charge on any atom is -0.368 e. The van der Waals surface area contributed by atoms with Crippen LogP contribution in [0.25, 0.3) is 0 Å². The highest BCUT2D eigenvalue weighted by atomic mass is 32.1. The lowest BCUT2D eigenvalue weighted by molar-refractivity contribution is -0.137. The maximum atomic E-state index is 13.4. The molecular formula is C17H16F3N3O3S. The number of carbonyl (C=O) groups is 2. The third-order valence-corrected chi connectivity index (χ3v) is 4.94. The summed E-state index contributed by atoms with van der Waals surface area (Å²) in [7, 11) is 0. The maximum Gasteiger partial charge on any atom is 0.418 e. The van der Waals surface area contributed by atoms with Gasteiger partial charge in [0, 0.05) is 12.3 Å². The number of ether oxygens (including phenoxy) is 1. The molecule has 1 aliphatic rings. The third kappa shape index (κ3) is 4.45. The van der Waals surface area contributed by atoms with E-state index in [0.717, 1.165) is 29.9 Å². The molecular weight excluding hydrogens is 383 g/mol. The van der Waals surface area contributed by atoms with Gasteiger partial charge in [0.05, 0.1) is 22.5 Å². The van der Waals surface area contributed by atoms with Crippen LogP contribution < -0.4 is 10.6 Å². The van der Waals surface area contributed by atoms with Gasteiger partial charge in [-0.15, -0.1) is 11.3 Å². The molecule has 2 heterocycles. The fourth-order valence-electron chi connectivity index (χ4n) is 2.67. The number of nitrogens with one attached hydrogen (secondary N) is 2. The molecule has 1 atom stereocenters. The summed E-state index contributed by atoms with van der Waals surface area (Å²) in [5, 5.41) is 4.70. The highest BCUT2D eigenvalue weighted by Gasteiger charge is 2.35. The minimum absolute atomic E-state index is 0.0187. The van der Waals surface area contributed by atoms with Crippen LogP contribution >= 0.6 is 11.3 Å². The number of aromatic nitrogens is 1. The summed E-state index contributed by atoms with van der Waals surface area (Å²) >= 11 is 1.04. The van der Waals surface area contributed by atoms with Crippen molar-refractivity contribution in [2.24, 2.45) is 0 Å². The van der Waals surface area contributed by atoms with Crippen LogP contribution in [0.1, 0.15) is 33.8 Å². The number of thiazole rings is 1. The van der Waals surface area contributed by atoms with Gasteiger partial charge in [0.1, 0.15) is 11.0 Å². The SMILES string of the molecule is Cc1ncsc1C(=O)Nc1ccc(NC(=O)C2CCCO2)cc1C(F)(F)F. The van der Waals surface area contributed by atoms with E-state index in [1.165, 1.54) is 11.6 Å². The number of benzene rings is 1. The Labute approximate surface area is 156 Å². The molecule has 2 aromatic rings. The first-order valence-electron chi connectivity index (χ1n) is 8.11. The van der Waals surface area contributed by atoms with Gasteiger partial charge in [-0.05, 0) is 38.0 Å². The number of carbonyl (C=O) groups excluding carboxylic acids is 2. The lowest BCUT2D eigenvalue weighted by Crippen LogP contribution is -2.27. The summed E-state index contributed by atoms with van der Waals surface area (Å²) in [6.07, 6.45) is -4.11. The van der Waals surface area contributed by atoms with Crippen LogP contribution in [0.4, 0.5) is 24.5 Å². The fraction of sp³-hybridized carbons (Fsp3) is 0.353. The molecule has 0 spiro atoms. The number of halogens is 3. The monoisotopic (exact) mass is 399 g/mol. The Morgan fingerprint density at radius 3 is 2.67 bits per heavy atom. The van der Waals surface area contributed by atoms with E-state index in [9.17, 15) is 22.8 Å². The summed E-state index contributed by atoms with van der Waals surface area (Å²) in [5.41, 5.74) is 0.415. The summed E-state index contributed by atoms with van der Waals surface area (Å²) in [6.45, 7) is 2.05. The zero-order valence-electron chi connectivity index (χ0n) is 14.2. The van der Waals surface area contributed by atoms with Gasteiger partial charge in [0.25, 0.3) is 11.8 Å². The van der Waals surface area contributed by atoms with E-state index in [-0.39, 0.29) is 10.6 Å². The van der Waals surface area contributed by atoms with E-state index >= 15 is 0 Å². The average Bonchev–Trinajstić information content (AvgIpc) is 3.26. The Bertz CT molecular complexity index is 861. The number of alkyl halides is 3. The Balaban J connectivity index is 1.83. The Morgan fingerprint density at radius 2 is 2.07 bits per heavy atom. The molecule has 1 aromatic heterocycles. The summed E-state index contributed by atoms with van der Waals surface area (Å²) in [5.74, 6) is -1.16. The van der Waals surface area contributed by atoms with Gasteiger partial charge in [-0.3, -0.25) is 9.59 Å². The first-order valence-corrected chi connectivity index (χ1v) is 8.99. The van der Waals surface area contributed by atoms with Crippen LogP contribution in [0.5, 0.6) is 0 Å². The molecule has 1 saturated heterocycles. The van der Waals surface area contributed by atoms with Gasteiger partial charge in [0.2, 0.25) is 0 Å². The molecule has 0 aliphatic carbocycles. The van der Waals surface area contributed by atoms with Crippen molar-refractivity contribution in [1.29, 1.82) is 0 Å². The van der Waals surface area contributed by atoms with E-state index in [2.05, 4.69) is 15.6 Å². The normalized spacial score (nSPS) is 17.0. The van der Waals surface area contributed by atoms with Crippen molar-refractivity contribution in [3.63, 3.8) is 0 Å². The van der Waals surface area contributed by atoms with Gasteiger partial charge in [0.15, 0.2) is 0 Å². The quantitative estimate of drug-likeness (QED) is 0.819. The largest absolute Gasteiger partial charge is 0.418 e. The predicted octanol–water partition coefficient (Wildman–Crippen LogP) is 3.84. The number of amides is 2. The molecule has 1 unspecified atom stereocenters. The van der Waals surface area contributed by atoms with Gasteiger partial charge >= 0.3 is 6.18 Å². The van der Waals surface area contributed by atoms with Gasteiger partial charge in [-0.25, -0.2) is 4.98 Å². The van der Waals surface area contributed by atoms with Crippen LogP contribution in [0.2, 0.25) is 0 Å². The highest BCUT2D eigenvalue weighted by Crippen LogP contribution is 2.37. The Morgan fingerprint density at radius 1 is 1.30 bits per heavy atom. The molecule has 0 saturated carbocycles. The van der Waals surface area contributed by atoms with Crippen LogP contribution in [0.3, 0.4) is 0 Å². The van der Waals surface area contributed by atoms with Crippen molar-refractivity contribution in [3.8, 4) is 0 Å². The summed E-state index contributed by atoms with van der Waals surface area (Å²) in [6, 6.07) is 3.21. The van der Waals surface area contributed by atoms with E-state index < -0.39 is 35.3 Å². The zero-order chi connectivity index (χ0) is 19.6. The second-order valence-corrected chi connectivity index (χ2v) is 6.82. The Hall–Kier alpha value is -2.46. The number of hydrogen-bond acceptors (Lipinski definition) is 5. The lowest BCUT2D eigenvalue weighted by Gasteiger charge is -2.16. The smallest absolute Gasteiger partial charge is 0.368 e. The molecule has 10 heteroatoms. The lowest BCUT2D eigenvalue weighted by atomic mass is 10.1. The summed E-state index contributed by atoms with van der Waals surface area (Å²) in [4.78, 5) is 28.4. The number of nitrogens with zero attached hydrogens (tertiary/aromatic N) is 1. The maximum absolute atomic E-state index is 13.4. The predicted molar refractivity (Wildman–Crippen MR) is 93.9 cm³/mol. The van der Waals surface area contributed by atoms with Crippen LogP contribution in [-0.4, -0.2) is 29.5 Å². The summed E-state index contributed by atoms with van der Waals surface area (Å²) < 4.78 is 45.5. The van der Waals surface area contributed by atoms with E-state index in [1.54, 1.807) is 6.92 Å². The second-order valence-electron chi connectivity index (χ2n) is 5.97. The molecule has 0 bridgehead atoms. The van der Waals surface area contributed by atoms with Crippen molar-refractivity contribution in [3.05, 3.63) is 39.8 Å². The molecule has 2 amide bonds. The number of rotatable bonds is 4. The first kappa shape index (κ1) is 19.3. The van der Waals surface area contributed by atoms with Gasteiger partial charge in [-0.2, -0.15) is 13.2 Å². The van der Waals surface area contributed by atoms with Crippen molar-refractivity contribution >= 4 is 34.5 Å². The van der Waals surface area contributed by atoms with Gasteiger partial charge < -0.3 is 15.4 Å². The molecule has 6 nitrogen and oxygen atoms in total. The highest BCUT2D eigenvalue weighted by molar-refractivity contribution is 7.12. The second kappa shape index (κ2) is 7.65. The number of hydrogen-bond donors (Lipinski definition) is 2. The van der Waals surface area contributed by atoms with Crippen LogP contribution in [-0.2, 0) is 15.7 Å². The standard InChI is InChI=1S/C17H16F3N3O3S/c1-9-14(27-8-21-9)16(25)23-12-5-4-10(7-11(12)17(18,19)20)22-15(24)13-3-2-6-26-13/h4-5,7-8,13H,2-3,6H2,1H3,(H,22,24)(H,23,25). The molecule has 27 heavy (non-hydrogen) atoms. The molecule has 1 aliphatic heterocycles.